The molecule has 0 spiro atoms. The van der Waals surface area contributed by atoms with Crippen molar-refractivity contribution in [2.45, 2.75) is 13.8 Å². The number of benzene rings is 2. The van der Waals surface area contributed by atoms with Crippen molar-refractivity contribution in [1.82, 2.24) is 24.9 Å². The highest BCUT2D eigenvalue weighted by Gasteiger charge is 2.43. The van der Waals surface area contributed by atoms with Gasteiger partial charge in [-0.25, -0.2) is 4.39 Å². The maximum Gasteiger partial charge on any atom is 0.298 e. The summed E-state index contributed by atoms with van der Waals surface area (Å²) in [5.74, 6) is -0.313. The molecule has 2 fully saturated rings. The fourth-order valence-electron chi connectivity index (χ4n) is 4.70. The van der Waals surface area contributed by atoms with E-state index in [9.17, 15) is 9.18 Å². The van der Waals surface area contributed by atoms with E-state index in [4.69, 9.17) is 4.42 Å². The van der Waals surface area contributed by atoms with Crippen molar-refractivity contribution in [3.05, 3.63) is 66.2 Å². The lowest BCUT2D eigenvalue weighted by atomic mass is 10.0. The molecule has 6 rings (SSSR count). The number of likely N-dealkylation sites (tertiary alicyclic amines) is 1. The lowest BCUT2D eigenvalue weighted by molar-refractivity contribution is 0.0777. The van der Waals surface area contributed by atoms with Gasteiger partial charge in [0.15, 0.2) is 5.58 Å². The van der Waals surface area contributed by atoms with Crippen molar-refractivity contribution >= 4 is 23.0 Å². The summed E-state index contributed by atoms with van der Waals surface area (Å²) in [4.78, 5) is 23.0. The molecular formula is C24H25FN6O2. The van der Waals surface area contributed by atoms with Crippen molar-refractivity contribution in [1.29, 1.82) is 0 Å². The maximum atomic E-state index is 14.7. The third-order valence-electron chi connectivity index (χ3n) is 6.17. The number of fused-ring (bicyclic) bond motifs is 2. The first-order valence-corrected chi connectivity index (χ1v) is 11.2. The molecule has 1 amide bonds. The Kier molecular flexibility index (Phi) is 5.53. The van der Waals surface area contributed by atoms with E-state index in [-0.39, 0.29) is 23.3 Å². The van der Waals surface area contributed by atoms with Gasteiger partial charge in [-0.1, -0.05) is 32.0 Å². The molecule has 2 atom stereocenters. The quantitative estimate of drug-likeness (QED) is 0.475. The first-order chi connectivity index (χ1) is 16.2. The number of amides is 1. The van der Waals surface area contributed by atoms with E-state index >= 15 is 0 Å². The number of oxazole rings is 1. The van der Waals surface area contributed by atoms with Crippen LogP contribution in [0.4, 0.5) is 10.4 Å². The van der Waals surface area contributed by atoms with Gasteiger partial charge in [0.05, 0.1) is 12.4 Å². The van der Waals surface area contributed by atoms with E-state index in [1.165, 1.54) is 23.3 Å². The molecule has 2 saturated heterocycles. The second-order valence-electron chi connectivity index (χ2n) is 8.05. The van der Waals surface area contributed by atoms with E-state index < -0.39 is 5.82 Å². The Labute approximate surface area is 190 Å². The number of rotatable bonds is 3. The summed E-state index contributed by atoms with van der Waals surface area (Å²) < 4.78 is 20.6. The zero-order valence-corrected chi connectivity index (χ0v) is 18.6. The van der Waals surface area contributed by atoms with Crippen LogP contribution in [0.5, 0.6) is 0 Å². The average molecular weight is 449 g/mol. The van der Waals surface area contributed by atoms with Crippen LogP contribution in [0.2, 0.25) is 0 Å². The monoisotopic (exact) mass is 448 g/mol. The highest BCUT2D eigenvalue weighted by molar-refractivity contribution is 5.98. The van der Waals surface area contributed by atoms with Crippen molar-refractivity contribution < 1.29 is 13.6 Å². The smallest absolute Gasteiger partial charge is 0.298 e. The molecule has 8 nitrogen and oxygen atoms in total. The lowest BCUT2D eigenvalue weighted by Gasteiger charge is -2.22. The van der Waals surface area contributed by atoms with Crippen LogP contribution in [0.1, 0.15) is 24.2 Å². The zero-order valence-electron chi connectivity index (χ0n) is 18.6. The predicted molar refractivity (Wildman–Crippen MR) is 122 cm³/mol. The van der Waals surface area contributed by atoms with E-state index in [0.29, 0.717) is 24.8 Å². The summed E-state index contributed by atoms with van der Waals surface area (Å²) in [5, 5.41) is 8.12. The molecule has 0 saturated carbocycles. The molecule has 170 valence electrons. The Hall–Kier alpha value is -3.75. The van der Waals surface area contributed by atoms with E-state index in [0.717, 1.165) is 24.2 Å². The van der Waals surface area contributed by atoms with Crippen LogP contribution in [0.25, 0.3) is 16.8 Å². The number of aromatic nitrogens is 4. The Morgan fingerprint density at radius 2 is 1.67 bits per heavy atom. The molecule has 2 aliphatic rings. The topological polar surface area (TPSA) is 80.3 Å². The van der Waals surface area contributed by atoms with E-state index in [2.05, 4.69) is 20.1 Å². The van der Waals surface area contributed by atoms with Gasteiger partial charge in [-0.3, -0.25) is 4.79 Å². The number of para-hydroxylation sites is 2. The number of halogens is 1. The Morgan fingerprint density at radius 3 is 2.36 bits per heavy atom. The normalized spacial score (nSPS) is 19.5. The second kappa shape index (κ2) is 8.65. The highest BCUT2D eigenvalue weighted by Crippen LogP contribution is 2.35. The number of carbonyl (C=O) groups excluding carboxylic acids is 1. The SMILES string of the molecule is CC.O=C(c1c(F)cccc1-n1nccn1)N1CC2CN(c3nc4ccccc4o3)CC2C1. The number of nitrogens with zero attached hydrogens (tertiary/aromatic N) is 6. The van der Waals surface area contributed by atoms with Crippen molar-refractivity contribution in [3.8, 4) is 5.69 Å². The fourth-order valence-corrected chi connectivity index (χ4v) is 4.70. The highest BCUT2D eigenvalue weighted by atomic mass is 19.1. The predicted octanol–water partition coefficient (Wildman–Crippen LogP) is 3.78. The number of hydrogen-bond donors (Lipinski definition) is 0. The molecule has 0 aliphatic carbocycles. The molecule has 2 aliphatic heterocycles. The van der Waals surface area contributed by atoms with Gasteiger partial charge in [-0.05, 0) is 24.3 Å². The molecule has 0 radical (unpaired) electrons. The molecule has 33 heavy (non-hydrogen) atoms. The number of hydrogen-bond acceptors (Lipinski definition) is 6. The van der Waals surface area contributed by atoms with Gasteiger partial charge < -0.3 is 14.2 Å². The largest absolute Gasteiger partial charge is 0.423 e. The molecule has 0 N–H and O–H groups in total. The van der Waals surface area contributed by atoms with Gasteiger partial charge in [0.1, 0.15) is 22.6 Å². The minimum Gasteiger partial charge on any atom is -0.423 e. The number of carbonyl (C=O) groups is 1. The van der Waals surface area contributed by atoms with Gasteiger partial charge >= 0.3 is 0 Å². The average Bonchev–Trinajstić information content (AvgIpc) is 3.62. The summed E-state index contributed by atoms with van der Waals surface area (Å²) in [6, 6.07) is 12.8. The molecule has 2 unspecified atom stereocenters. The minimum atomic E-state index is -0.565. The van der Waals surface area contributed by atoms with Crippen LogP contribution < -0.4 is 4.90 Å². The molecular weight excluding hydrogens is 423 g/mol. The van der Waals surface area contributed by atoms with Gasteiger partial charge in [-0.15, -0.1) is 0 Å². The second-order valence-corrected chi connectivity index (χ2v) is 8.05. The Morgan fingerprint density at radius 1 is 0.970 bits per heavy atom. The van der Waals surface area contributed by atoms with Gasteiger partial charge in [0, 0.05) is 38.0 Å². The Balaban J connectivity index is 0.00000111. The third kappa shape index (κ3) is 3.73. The van der Waals surface area contributed by atoms with Gasteiger partial charge in [0.2, 0.25) is 0 Å². The first-order valence-electron chi connectivity index (χ1n) is 11.2. The zero-order chi connectivity index (χ0) is 22.9. The molecule has 9 heteroatoms. The third-order valence-corrected chi connectivity index (χ3v) is 6.17. The first kappa shape index (κ1) is 21.1. The summed E-state index contributed by atoms with van der Waals surface area (Å²) >= 11 is 0. The lowest BCUT2D eigenvalue weighted by Crippen LogP contribution is -2.34. The van der Waals surface area contributed by atoms with Crippen LogP contribution >= 0.6 is 0 Å². The van der Waals surface area contributed by atoms with E-state index in [1.807, 2.05) is 38.1 Å². The van der Waals surface area contributed by atoms with Crippen molar-refractivity contribution in [2.24, 2.45) is 11.8 Å². The van der Waals surface area contributed by atoms with E-state index in [1.54, 1.807) is 17.0 Å². The standard InChI is InChI=1S/C22H19FN6O2.C2H6/c23-16-4-3-6-18(29-24-8-9-25-29)20(16)21(30)27-10-14-12-28(13-15(14)11-27)22-26-17-5-1-2-7-19(17)31-22;1-2/h1-9,14-15H,10-13H2;1-2H3. The summed E-state index contributed by atoms with van der Waals surface area (Å²) in [7, 11) is 0. The van der Waals surface area contributed by atoms with Gasteiger partial charge in [-0.2, -0.15) is 20.0 Å². The van der Waals surface area contributed by atoms with Gasteiger partial charge in [0.25, 0.3) is 11.9 Å². The molecule has 0 bridgehead atoms. The minimum absolute atomic E-state index is 0.00878. The Bertz CT molecular complexity index is 1220. The summed E-state index contributed by atoms with van der Waals surface area (Å²) in [6.07, 6.45) is 3.00. The molecule has 4 heterocycles. The van der Waals surface area contributed by atoms with Crippen LogP contribution in [0, 0.1) is 17.7 Å². The van der Waals surface area contributed by atoms with Crippen LogP contribution in [0.15, 0.2) is 59.3 Å². The van der Waals surface area contributed by atoms with Crippen molar-refractivity contribution in [3.63, 3.8) is 0 Å². The molecule has 2 aromatic heterocycles. The summed E-state index contributed by atoms with van der Waals surface area (Å²) in [6.45, 7) is 6.65. The molecule has 4 aromatic rings. The van der Waals surface area contributed by atoms with Crippen molar-refractivity contribution in [2.75, 3.05) is 31.1 Å². The summed E-state index contributed by atoms with van der Waals surface area (Å²) in [5.41, 5.74) is 1.96. The fraction of sp³-hybridized carbons (Fsp3) is 0.333. The van der Waals surface area contributed by atoms with Crippen LogP contribution in [0.3, 0.4) is 0 Å². The molecule has 2 aromatic carbocycles. The van der Waals surface area contributed by atoms with Crippen LogP contribution in [-0.4, -0.2) is 57.0 Å². The van der Waals surface area contributed by atoms with Crippen LogP contribution in [-0.2, 0) is 0 Å². The maximum absolute atomic E-state index is 14.7. The number of anilines is 1.